The number of rotatable bonds is 10. The van der Waals surface area contributed by atoms with Gasteiger partial charge in [0.15, 0.2) is 6.29 Å². The second kappa shape index (κ2) is 16.0. The van der Waals surface area contributed by atoms with Gasteiger partial charge in [0.2, 0.25) is 5.91 Å². The molecular formula is C26H40N4O4. The zero-order valence-electron chi connectivity index (χ0n) is 20.6. The van der Waals surface area contributed by atoms with Crippen LogP contribution in [0.15, 0.2) is 47.3 Å². The Kier molecular flexibility index (Phi) is 13.0. The van der Waals surface area contributed by atoms with Crippen molar-refractivity contribution in [1.82, 2.24) is 16.1 Å². The first-order valence-electron chi connectivity index (χ1n) is 12.4. The summed E-state index contributed by atoms with van der Waals surface area (Å²) in [6.45, 7) is 8.04. The Morgan fingerprint density at radius 2 is 1.88 bits per heavy atom. The maximum Gasteiger partial charge on any atom is 0.267 e. The number of allylic oxidation sites excluding steroid dienone is 2. The van der Waals surface area contributed by atoms with Crippen molar-refractivity contribution in [3.8, 4) is 0 Å². The molecule has 8 nitrogen and oxygen atoms in total. The number of nitrogens with zero attached hydrogens (tertiary/aromatic N) is 1. The molecule has 2 aliphatic rings. The van der Waals surface area contributed by atoms with Gasteiger partial charge in [0.05, 0.1) is 0 Å². The molecule has 1 unspecified atom stereocenters. The van der Waals surface area contributed by atoms with Gasteiger partial charge in [0.25, 0.3) is 5.91 Å². The Hall–Kier alpha value is -2.67. The van der Waals surface area contributed by atoms with Gasteiger partial charge in [0.1, 0.15) is 11.9 Å². The molecule has 34 heavy (non-hydrogen) atoms. The third-order valence-corrected chi connectivity index (χ3v) is 5.82. The molecule has 1 saturated heterocycles. The molecule has 0 spiro atoms. The van der Waals surface area contributed by atoms with E-state index in [9.17, 15) is 9.59 Å². The van der Waals surface area contributed by atoms with Crippen molar-refractivity contribution < 1.29 is 19.2 Å². The maximum absolute atomic E-state index is 12.8. The Bertz CT molecular complexity index is 785. The number of ether oxygens (including phenoxy) is 1. The number of hydrogen-bond acceptors (Lipinski definition) is 5. The molecule has 188 valence electrons. The largest absolute Gasteiger partial charge is 0.358 e. The third kappa shape index (κ3) is 11.0. The molecule has 0 bridgehead atoms. The van der Waals surface area contributed by atoms with Gasteiger partial charge >= 0.3 is 0 Å². The van der Waals surface area contributed by atoms with E-state index in [-0.39, 0.29) is 17.9 Å². The van der Waals surface area contributed by atoms with E-state index in [2.05, 4.69) is 33.4 Å². The van der Waals surface area contributed by atoms with Crippen LogP contribution in [0.25, 0.3) is 0 Å². The summed E-state index contributed by atoms with van der Waals surface area (Å²) in [5, 5.41) is 6.38. The normalized spacial score (nSPS) is 21.3. The van der Waals surface area contributed by atoms with E-state index >= 15 is 0 Å². The van der Waals surface area contributed by atoms with Crippen molar-refractivity contribution >= 4 is 17.6 Å². The Labute approximate surface area is 203 Å². The van der Waals surface area contributed by atoms with Crippen LogP contribution in [0.2, 0.25) is 0 Å². The minimum atomic E-state index is -0.402. The van der Waals surface area contributed by atoms with Gasteiger partial charge in [-0.3, -0.25) is 9.59 Å². The molecule has 2 atom stereocenters. The standard InChI is InChI=1S/C26H40N4O4/c1-4-12-23(29-22(5-2)26(32)28-21-13-8-6-7-9-14-21)27-19-20(3)16-17-24(31)30-34-25-15-10-11-18-33-25/h12,16-17,19,21-22,25H,1,5-11,13-15,18H2,2-3H3,(H,27,29)(H,28,32)(H,30,31)/b17-16+,20-19+/t22-,25?/m1/s1. The van der Waals surface area contributed by atoms with Crippen LogP contribution in [0.4, 0.5) is 0 Å². The van der Waals surface area contributed by atoms with E-state index in [1.165, 1.54) is 18.9 Å². The molecule has 1 aliphatic heterocycles. The summed E-state index contributed by atoms with van der Waals surface area (Å²) in [7, 11) is 0. The Morgan fingerprint density at radius 3 is 2.53 bits per heavy atom. The minimum Gasteiger partial charge on any atom is -0.358 e. The van der Waals surface area contributed by atoms with Crippen molar-refractivity contribution in [2.24, 2.45) is 4.99 Å². The average molecular weight is 473 g/mol. The number of nitrogens with one attached hydrogen (secondary N) is 3. The maximum atomic E-state index is 12.8. The highest BCUT2D eigenvalue weighted by molar-refractivity contribution is 5.97. The molecule has 1 aliphatic carbocycles. The fraction of sp³-hybridized carbons (Fsp3) is 0.615. The number of carbonyl (C=O) groups excluding carboxylic acids is 2. The van der Waals surface area contributed by atoms with Crippen LogP contribution >= 0.6 is 0 Å². The summed E-state index contributed by atoms with van der Waals surface area (Å²) >= 11 is 0. The van der Waals surface area contributed by atoms with Crippen molar-refractivity contribution in [3.63, 3.8) is 0 Å². The van der Waals surface area contributed by atoms with Crippen LogP contribution in [0.5, 0.6) is 0 Å². The smallest absolute Gasteiger partial charge is 0.267 e. The lowest BCUT2D eigenvalue weighted by Gasteiger charge is -2.22. The fourth-order valence-electron chi connectivity index (χ4n) is 3.85. The van der Waals surface area contributed by atoms with E-state index < -0.39 is 12.3 Å². The predicted molar refractivity (Wildman–Crippen MR) is 134 cm³/mol. The lowest BCUT2D eigenvalue weighted by molar-refractivity contribution is -0.198. The van der Waals surface area contributed by atoms with Crippen LogP contribution in [0.3, 0.4) is 0 Å². The third-order valence-electron chi connectivity index (χ3n) is 5.82. The highest BCUT2D eigenvalue weighted by Gasteiger charge is 2.21. The summed E-state index contributed by atoms with van der Waals surface area (Å²) in [5.41, 5.74) is 5.84. The predicted octanol–water partition coefficient (Wildman–Crippen LogP) is 3.97. The van der Waals surface area contributed by atoms with Gasteiger partial charge in [-0.2, -0.15) is 0 Å². The van der Waals surface area contributed by atoms with Gasteiger partial charge in [-0.1, -0.05) is 45.3 Å². The molecule has 0 aromatic heterocycles. The first-order chi connectivity index (χ1) is 16.5. The average Bonchev–Trinajstić information content (AvgIpc) is 3.12. The highest BCUT2D eigenvalue weighted by atomic mass is 16.8. The molecule has 0 aromatic rings. The second-order valence-electron chi connectivity index (χ2n) is 8.75. The van der Waals surface area contributed by atoms with Gasteiger partial charge in [0, 0.05) is 37.4 Å². The number of aliphatic imine (C=N–C) groups is 1. The summed E-state index contributed by atoms with van der Waals surface area (Å²) in [6, 6.07) is -0.158. The number of amidine groups is 1. The first kappa shape index (κ1) is 27.6. The van der Waals surface area contributed by atoms with Crippen LogP contribution in [-0.4, -0.2) is 42.6 Å². The molecule has 2 fully saturated rings. The first-order valence-corrected chi connectivity index (χ1v) is 12.4. The monoisotopic (exact) mass is 472 g/mol. The van der Waals surface area contributed by atoms with E-state index in [0.29, 0.717) is 18.9 Å². The zero-order chi connectivity index (χ0) is 24.6. The van der Waals surface area contributed by atoms with Gasteiger partial charge < -0.3 is 15.4 Å². The van der Waals surface area contributed by atoms with Crippen molar-refractivity contribution in [1.29, 1.82) is 0 Å². The molecule has 1 saturated carbocycles. The summed E-state index contributed by atoms with van der Waals surface area (Å²) in [5.74, 6) is 0.0862. The van der Waals surface area contributed by atoms with E-state index in [1.54, 1.807) is 18.4 Å². The van der Waals surface area contributed by atoms with E-state index in [1.807, 2.05) is 13.8 Å². The second-order valence-corrected chi connectivity index (χ2v) is 8.75. The summed E-state index contributed by atoms with van der Waals surface area (Å²) in [4.78, 5) is 34.4. The van der Waals surface area contributed by atoms with Crippen molar-refractivity contribution in [2.45, 2.75) is 96.4 Å². The van der Waals surface area contributed by atoms with Crippen LogP contribution in [0.1, 0.15) is 78.1 Å². The molecule has 1 heterocycles. The number of amides is 2. The lowest BCUT2D eigenvalue weighted by Crippen LogP contribution is -2.49. The number of hydrogen-bond donors (Lipinski definition) is 3. The molecular weight excluding hydrogens is 432 g/mol. The summed E-state index contributed by atoms with van der Waals surface area (Å²) < 4.78 is 5.41. The fourth-order valence-corrected chi connectivity index (χ4v) is 3.85. The van der Waals surface area contributed by atoms with Gasteiger partial charge in [-0.15, -0.1) is 5.73 Å². The van der Waals surface area contributed by atoms with E-state index in [4.69, 9.17) is 9.57 Å². The van der Waals surface area contributed by atoms with Crippen molar-refractivity contribution in [3.05, 3.63) is 42.3 Å². The highest BCUT2D eigenvalue weighted by Crippen LogP contribution is 2.17. The Morgan fingerprint density at radius 1 is 1.15 bits per heavy atom. The molecule has 0 aromatic carbocycles. The van der Waals surface area contributed by atoms with Crippen LogP contribution in [-0.2, 0) is 19.2 Å². The number of carbonyl (C=O) groups is 2. The minimum absolute atomic E-state index is 0.0150. The van der Waals surface area contributed by atoms with Crippen LogP contribution in [0, 0.1) is 0 Å². The Balaban J connectivity index is 1.89. The SMILES string of the molecule is C=C=C\C(=N/C=C(C)/C=C/C(=O)NOC1CCCCO1)N[C@H](CC)C(=O)NC1CCCCCC1. The molecule has 2 amide bonds. The van der Waals surface area contributed by atoms with Gasteiger partial charge in [-0.05, 0) is 44.6 Å². The zero-order valence-corrected chi connectivity index (χ0v) is 20.6. The molecule has 3 N–H and O–H groups in total. The lowest BCUT2D eigenvalue weighted by atomic mass is 10.1. The molecule has 0 radical (unpaired) electrons. The van der Waals surface area contributed by atoms with Crippen molar-refractivity contribution in [2.75, 3.05) is 6.61 Å². The molecule has 8 heteroatoms. The summed E-state index contributed by atoms with van der Waals surface area (Å²) in [6.07, 6.45) is 16.1. The van der Waals surface area contributed by atoms with E-state index in [0.717, 1.165) is 50.5 Å². The number of hydroxylamine groups is 1. The topological polar surface area (TPSA) is 101 Å². The molecule has 2 rings (SSSR count). The quantitative estimate of drug-likeness (QED) is 0.0850. The van der Waals surface area contributed by atoms with Gasteiger partial charge in [-0.25, -0.2) is 15.3 Å². The van der Waals surface area contributed by atoms with Crippen LogP contribution < -0.4 is 16.1 Å².